The molecule has 0 amide bonds. The predicted molar refractivity (Wildman–Crippen MR) is 114 cm³/mol. The Hall–Kier alpha value is -1.04. The number of hydrogen-bond acceptors (Lipinski definition) is 4. The van der Waals surface area contributed by atoms with E-state index < -0.39 is 12.7 Å². The molecule has 0 aliphatic carbocycles. The Balaban J connectivity index is 0.00000392. The van der Waals surface area contributed by atoms with Crippen LogP contribution in [0.2, 0.25) is 0 Å². The van der Waals surface area contributed by atoms with Crippen molar-refractivity contribution in [2.24, 2.45) is 10.9 Å². The second-order valence-electron chi connectivity index (χ2n) is 7.32. The quantitative estimate of drug-likeness (QED) is 0.340. The highest BCUT2D eigenvalue weighted by Crippen LogP contribution is 2.21. The minimum Gasteiger partial charge on any atom is -0.359 e. The summed E-state index contributed by atoms with van der Waals surface area (Å²) in [4.78, 5) is 7.85. The molecule has 0 bridgehead atoms. The van der Waals surface area contributed by atoms with Gasteiger partial charge in [0.2, 0.25) is 0 Å². The Morgan fingerprint density at radius 1 is 1.46 bits per heavy atom. The van der Waals surface area contributed by atoms with Crippen LogP contribution in [0.5, 0.6) is 0 Å². The summed E-state index contributed by atoms with van der Waals surface area (Å²) in [5.41, 5.74) is 0.910. The van der Waals surface area contributed by atoms with Gasteiger partial charge >= 0.3 is 6.18 Å². The lowest BCUT2D eigenvalue weighted by Gasteiger charge is -2.26. The van der Waals surface area contributed by atoms with Crippen LogP contribution in [0, 0.1) is 5.92 Å². The molecule has 0 spiro atoms. The van der Waals surface area contributed by atoms with Gasteiger partial charge in [0.1, 0.15) is 0 Å². The zero-order valence-electron chi connectivity index (χ0n) is 16.9. The lowest BCUT2D eigenvalue weighted by molar-refractivity contribution is -0.146. The lowest BCUT2D eigenvalue weighted by Crippen LogP contribution is -2.41. The van der Waals surface area contributed by atoms with Crippen LogP contribution in [-0.2, 0) is 6.54 Å². The maximum absolute atomic E-state index is 12.6. The molecule has 0 aromatic carbocycles. The molecule has 162 valence electrons. The van der Waals surface area contributed by atoms with E-state index in [9.17, 15) is 13.2 Å². The van der Waals surface area contributed by atoms with Crippen LogP contribution in [0.25, 0.3) is 0 Å². The molecule has 1 aromatic rings. The number of hydrogen-bond donors (Lipinski definition) is 1. The van der Waals surface area contributed by atoms with Crippen LogP contribution in [0.15, 0.2) is 15.6 Å². The van der Waals surface area contributed by atoms with E-state index in [4.69, 9.17) is 4.52 Å². The first-order chi connectivity index (χ1) is 12.7. The van der Waals surface area contributed by atoms with E-state index in [0.29, 0.717) is 32.1 Å². The van der Waals surface area contributed by atoms with Crippen molar-refractivity contribution in [3.63, 3.8) is 0 Å². The van der Waals surface area contributed by atoms with E-state index in [0.717, 1.165) is 30.4 Å². The Morgan fingerprint density at radius 2 is 2.18 bits per heavy atom. The Labute approximate surface area is 181 Å². The normalized spacial score (nSPS) is 18.1. The fraction of sp³-hybridized carbons (Fsp3) is 0.778. The first-order valence-corrected chi connectivity index (χ1v) is 9.42. The van der Waals surface area contributed by atoms with Gasteiger partial charge in [-0.25, -0.2) is 0 Å². The number of nitrogens with one attached hydrogen (secondary N) is 1. The van der Waals surface area contributed by atoms with Gasteiger partial charge in [-0.05, 0) is 24.8 Å². The average Bonchev–Trinajstić information content (AvgIpc) is 3.23. The number of likely N-dealkylation sites (tertiary alicyclic amines) is 1. The van der Waals surface area contributed by atoms with Crippen molar-refractivity contribution in [1.82, 2.24) is 20.3 Å². The Morgan fingerprint density at radius 3 is 2.71 bits per heavy atom. The van der Waals surface area contributed by atoms with Gasteiger partial charge in [-0.1, -0.05) is 25.9 Å². The van der Waals surface area contributed by atoms with E-state index in [1.165, 1.54) is 4.90 Å². The number of alkyl halides is 3. The van der Waals surface area contributed by atoms with E-state index in [1.54, 1.807) is 14.0 Å². The highest BCUT2D eigenvalue weighted by Gasteiger charge is 2.33. The van der Waals surface area contributed by atoms with Gasteiger partial charge in [0.15, 0.2) is 11.7 Å². The number of halogens is 4. The van der Waals surface area contributed by atoms with Crippen LogP contribution in [0.4, 0.5) is 13.2 Å². The van der Waals surface area contributed by atoms with Gasteiger partial charge in [-0.2, -0.15) is 13.2 Å². The number of nitrogens with zero attached hydrogens (tertiary/aromatic N) is 4. The monoisotopic (exact) mass is 517 g/mol. The first-order valence-electron chi connectivity index (χ1n) is 9.42. The summed E-state index contributed by atoms with van der Waals surface area (Å²) in [7, 11) is 1.71. The summed E-state index contributed by atoms with van der Waals surface area (Å²) in [5, 5.41) is 7.29. The maximum Gasteiger partial charge on any atom is 0.401 e. The number of aromatic nitrogens is 1. The van der Waals surface area contributed by atoms with Crippen LogP contribution >= 0.6 is 24.0 Å². The minimum absolute atomic E-state index is 0. The molecule has 1 atom stereocenters. The Bertz CT molecular complexity index is 621. The van der Waals surface area contributed by atoms with Crippen molar-refractivity contribution in [1.29, 1.82) is 0 Å². The van der Waals surface area contributed by atoms with Gasteiger partial charge in [0.25, 0.3) is 0 Å². The van der Waals surface area contributed by atoms with E-state index >= 15 is 0 Å². The third-order valence-electron chi connectivity index (χ3n) is 4.75. The molecule has 10 heteroatoms. The highest BCUT2D eigenvalue weighted by molar-refractivity contribution is 14.0. The summed E-state index contributed by atoms with van der Waals surface area (Å²) in [6.07, 6.45) is -3.30. The summed E-state index contributed by atoms with van der Waals surface area (Å²) in [5.74, 6) is 1.97. The standard InChI is InChI=1S/C18H30F3N5O.HI/c1-5-25(12-18(19,20)21)10-14-6-7-26(11-14)17(22-4)23-9-15-8-16(13(2)3)24-27-15;/h8,13-14H,5-7,9-12H2,1-4H3,(H,22,23);1H. The van der Waals surface area contributed by atoms with Gasteiger partial charge < -0.3 is 14.7 Å². The zero-order chi connectivity index (χ0) is 20.0. The molecule has 0 radical (unpaired) electrons. The van der Waals surface area contributed by atoms with Gasteiger partial charge in [-0.3, -0.25) is 9.89 Å². The fourth-order valence-corrected chi connectivity index (χ4v) is 3.28. The van der Waals surface area contributed by atoms with Crippen molar-refractivity contribution in [3.8, 4) is 0 Å². The molecule has 1 N–H and O–H groups in total. The van der Waals surface area contributed by atoms with Crippen LogP contribution in [0.3, 0.4) is 0 Å². The maximum atomic E-state index is 12.6. The predicted octanol–water partition coefficient (Wildman–Crippen LogP) is 3.70. The summed E-state index contributed by atoms with van der Waals surface area (Å²) >= 11 is 0. The molecule has 0 saturated carbocycles. The van der Waals surface area contributed by atoms with Gasteiger partial charge in [0.05, 0.1) is 18.8 Å². The topological polar surface area (TPSA) is 56.9 Å². The van der Waals surface area contributed by atoms with E-state index in [2.05, 4.69) is 34.2 Å². The molecule has 1 aromatic heterocycles. The van der Waals surface area contributed by atoms with Crippen LogP contribution in [0.1, 0.15) is 44.6 Å². The van der Waals surface area contributed by atoms with Crippen molar-refractivity contribution in [2.75, 3.05) is 39.8 Å². The van der Waals surface area contributed by atoms with Crippen molar-refractivity contribution in [3.05, 3.63) is 17.5 Å². The molecule has 1 fully saturated rings. The van der Waals surface area contributed by atoms with Gasteiger partial charge in [0, 0.05) is 32.7 Å². The molecular formula is C18H31F3IN5O. The molecule has 2 heterocycles. The SMILES string of the molecule is CCN(CC1CCN(C(=NC)NCc2cc(C(C)C)no2)C1)CC(F)(F)F.I. The van der Waals surface area contributed by atoms with Gasteiger partial charge in [-0.15, -0.1) is 24.0 Å². The smallest absolute Gasteiger partial charge is 0.359 e. The second kappa shape index (κ2) is 11.2. The zero-order valence-corrected chi connectivity index (χ0v) is 19.3. The molecule has 1 aliphatic rings. The number of aliphatic imine (C=N–C) groups is 1. The average molecular weight is 517 g/mol. The summed E-state index contributed by atoms with van der Waals surface area (Å²) in [6, 6.07) is 1.92. The molecule has 6 nitrogen and oxygen atoms in total. The highest BCUT2D eigenvalue weighted by atomic mass is 127. The van der Waals surface area contributed by atoms with E-state index in [-0.39, 0.29) is 29.9 Å². The second-order valence-corrected chi connectivity index (χ2v) is 7.32. The van der Waals surface area contributed by atoms with Crippen molar-refractivity contribution >= 4 is 29.9 Å². The lowest BCUT2D eigenvalue weighted by atomic mass is 10.1. The van der Waals surface area contributed by atoms with Crippen LogP contribution in [-0.4, -0.2) is 66.9 Å². The summed E-state index contributed by atoms with van der Waals surface area (Å²) in [6.45, 7) is 7.81. The molecular weight excluding hydrogens is 486 g/mol. The fourth-order valence-electron chi connectivity index (χ4n) is 3.28. The van der Waals surface area contributed by atoms with Crippen LogP contribution < -0.4 is 5.32 Å². The van der Waals surface area contributed by atoms with E-state index in [1.807, 2.05) is 6.07 Å². The molecule has 2 rings (SSSR count). The first kappa shape index (κ1) is 25.0. The molecule has 1 unspecified atom stereocenters. The number of guanidine groups is 1. The third-order valence-corrected chi connectivity index (χ3v) is 4.75. The Kier molecular flexibility index (Phi) is 10.0. The molecule has 1 saturated heterocycles. The third kappa shape index (κ3) is 7.76. The largest absolute Gasteiger partial charge is 0.401 e. The minimum atomic E-state index is -4.15. The summed E-state index contributed by atoms with van der Waals surface area (Å²) < 4.78 is 43.3. The van der Waals surface area contributed by atoms with Crippen molar-refractivity contribution in [2.45, 2.75) is 45.8 Å². The number of rotatable bonds is 7. The molecule has 1 aliphatic heterocycles. The van der Waals surface area contributed by atoms with Crippen molar-refractivity contribution < 1.29 is 17.7 Å². The molecule has 28 heavy (non-hydrogen) atoms.